The third kappa shape index (κ3) is 5.97. The highest BCUT2D eigenvalue weighted by Gasteiger charge is 2.37. The van der Waals surface area contributed by atoms with Crippen LogP contribution in [0.4, 0.5) is 0 Å². The lowest BCUT2D eigenvalue weighted by Crippen LogP contribution is -2.15. The second kappa shape index (κ2) is 14.8. The third-order valence-electron chi connectivity index (χ3n) is 14.1. The van der Waals surface area contributed by atoms with Gasteiger partial charge in [-0.05, 0) is 141 Å². The van der Waals surface area contributed by atoms with Crippen molar-refractivity contribution in [1.29, 1.82) is 0 Å². The molecule has 1 heterocycles. The Morgan fingerprint density at radius 3 is 1.33 bits per heavy atom. The average molecular weight is 842 g/mol. The van der Waals surface area contributed by atoms with Crippen LogP contribution in [0, 0.1) is 0 Å². The molecule has 1 aliphatic rings. The van der Waals surface area contributed by atoms with E-state index in [1.165, 1.54) is 93.2 Å². The van der Waals surface area contributed by atoms with Crippen LogP contribution in [0.15, 0.2) is 224 Å². The average Bonchev–Trinajstić information content (AvgIpc) is 3.91. The smallest absolute Gasteiger partial charge is 0.168 e. The molecule has 0 radical (unpaired) electrons. The van der Waals surface area contributed by atoms with Crippen LogP contribution in [0.1, 0.15) is 25.0 Å². The lowest BCUT2D eigenvalue weighted by atomic mass is 9.79. The molecule has 12 aromatic rings. The Labute approximate surface area is 383 Å². The van der Waals surface area contributed by atoms with Gasteiger partial charge in [0.2, 0.25) is 0 Å². The zero-order chi connectivity index (χ0) is 43.9. The van der Waals surface area contributed by atoms with Gasteiger partial charge in [0.05, 0.1) is 0 Å². The predicted octanol–water partition coefficient (Wildman–Crippen LogP) is 16.5. The van der Waals surface area contributed by atoms with Gasteiger partial charge in [0, 0.05) is 22.2 Å². The first-order valence-electron chi connectivity index (χ1n) is 22.8. The molecule has 0 aliphatic heterocycles. The van der Waals surface area contributed by atoms with E-state index in [4.69, 9.17) is 10.2 Å². The summed E-state index contributed by atoms with van der Waals surface area (Å²) < 4.78 is 2.17. The summed E-state index contributed by atoms with van der Waals surface area (Å²) in [5, 5.41) is 19.5. The van der Waals surface area contributed by atoms with Gasteiger partial charge in [-0.1, -0.05) is 196 Å². The standard InChI is InChI=1S/C63H43N3/c1-63(2)57-37-47(42-29-32-50(33-30-42)66-61(43-17-5-3-6-18-43)64-65-62(66)44-19-7-4-8-20-44)31-34-51(57)54-38-55-56(39-58(54)63)60(49-28-26-41-16-10-12-22-46(41)36-49)53-24-14-13-23-52(53)59(55)48-27-25-40-15-9-11-21-45(40)35-48/h3-39H,1-2H3. The molecule has 0 fully saturated rings. The molecule has 1 aliphatic carbocycles. The van der Waals surface area contributed by atoms with E-state index in [1.807, 2.05) is 36.4 Å². The summed E-state index contributed by atoms with van der Waals surface area (Å²) in [6, 6.07) is 82.0. The third-order valence-corrected chi connectivity index (χ3v) is 14.1. The summed E-state index contributed by atoms with van der Waals surface area (Å²) in [4.78, 5) is 0. The van der Waals surface area contributed by atoms with Gasteiger partial charge in [-0.15, -0.1) is 10.2 Å². The van der Waals surface area contributed by atoms with Gasteiger partial charge in [0.25, 0.3) is 0 Å². The number of hydrogen-bond donors (Lipinski definition) is 0. The van der Waals surface area contributed by atoms with Crippen LogP contribution in [0.5, 0.6) is 0 Å². The molecule has 0 atom stereocenters. The van der Waals surface area contributed by atoms with Gasteiger partial charge in [-0.3, -0.25) is 4.57 Å². The number of rotatable bonds is 6. The minimum atomic E-state index is -0.248. The zero-order valence-corrected chi connectivity index (χ0v) is 36.7. The van der Waals surface area contributed by atoms with Crippen LogP contribution >= 0.6 is 0 Å². The maximum absolute atomic E-state index is 4.71. The molecule has 3 nitrogen and oxygen atoms in total. The molecule has 0 unspecified atom stereocenters. The first kappa shape index (κ1) is 38.1. The van der Waals surface area contributed by atoms with Crippen molar-refractivity contribution >= 4 is 43.1 Å². The lowest BCUT2D eigenvalue weighted by Gasteiger charge is -2.24. The monoisotopic (exact) mass is 841 g/mol. The first-order chi connectivity index (χ1) is 32.5. The molecule has 0 bridgehead atoms. The molecule has 0 saturated heterocycles. The van der Waals surface area contributed by atoms with Gasteiger partial charge in [-0.2, -0.15) is 0 Å². The van der Waals surface area contributed by atoms with Crippen molar-refractivity contribution in [2.24, 2.45) is 0 Å². The number of fused-ring (bicyclic) bond motifs is 7. The minimum Gasteiger partial charge on any atom is -0.275 e. The van der Waals surface area contributed by atoms with E-state index in [9.17, 15) is 0 Å². The van der Waals surface area contributed by atoms with Crippen molar-refractivity contribution < 1.29 is 0 Å². The normalized spacial score (nSPS) is 12.8. The molecule has 11 aromatic carbocycles. The van der Waals surface area contributed by atoms with E-state index < -0.39 is 0 Å². The zero-order valence-electron chi connectivity index (χ0n) is 36.7. The van der Waals surface area contributed by atoms with E-state index in [1.54, 1.807) is 0 Å². The number of hydrogen-bond acceptors (Lipinski definition) is 2. The van der Waals surface area contributed by atoms with E-state index in [0.717, 1.165) is 34.0 Å². The molecule has 0 amide bonds. The summed E-state index contributed by atoms with van der Waals surface area (Å²) in [6.45, 7) is 4.80. The Morgan fingerprint density at radius 1 is 0.318 bits per heavy atom. The quantitative estimate of drug-likeness (QED) is 0.156. The van der Waals surface area contributed by atoms with Gasteiger partial charge < -0.3 is 0 Å². The van der Waals surface area contributed by atoms with Crippen molar-refractivity contribution in [2.75, 3.05) is 0 Å². The van der Waals surface area contributed by atoms with E-state index in [2.05, 4.69) is 206 Å². The van der Waals surface area contributed by atoms with Crippen molar-refractivity contribution in [3.63, 3.8) is 0 Å². The summed E-state index contributed by atoms with van der Waals surface area (Å²) in [6.07, 6.45) is 0. The fourth-order valence-electron chi connectivity index (χ4n) is 10.8. The Kier molecular flexibility index (Phi) is 8.56. The second-order valence-electron chi connectivity index (χ2n) is 18.2. The molecular formula is C63H43N3. The summed E-state index contributed by atoms with van der Waals surface area (Å²) in [5.41, 5.74) is 15.5. The molecule has 13 rings (SSSR count). The van der Waals surface area contributed by atoms with Crippen LogP contribution in [0.3, 0.4) is 0 Å². The van der Waals surface area contributed by atoms with Crippen molar-refractivity contribution in [3.8, 4) is 73.0 Å². The Morgan fingerprint density at radius 2 is 0.773 bits per heavy atom. The molecule has 310 valence electrons. The van der Waals surface area contributed by atoms with Crippen LogP contribution < -0.4 is 0 Å². The van der Waals surface area contributed by atoms with Crippen molar-refractivity contribution in [3.05, 3.63) is 236 Å². The predicted molar refractivity (Wildman–Crippen MR) is 276 cm³/mol. The molecular weight excluding hydrogens is 799 g/mol. The fourth-order valence-corrected chi connectivity index (χ4v) is 10.8. The summed E-state index contributed by atoms with van der Waals surface area (Å²) in [5.74, 6) is 1.62. The molecule has 0 saturated carbocycles. The number of nitrogens with zero attached hydrogens (tertiary/aromatic N) is 3. The number of aromatic nitrogens is 3. The van der Waals surface area contributed by atoms with Crippen molar-refractivity contribution in [2.45, 2.75) is 19.3 Å². The van der Waals surface area contributed by atoms with Crippen LogP contribution in [0.25, 0.3) is 116 Å². The van der Waals surface area contributed by atoms with Gasteiger partial charge in [-0.25, -0.2) is 0 Å². The Hall–Kier alpha value is -8.40. The van der Waals surface area contributed by atoms with E-state index >= 15 is 0 Å². The Bertz CT molecular complexity index is 3820. The SMILES string of the molecule is CC1(C)c2cc(-c3ccc(-n4c(-c5ccccc5)nnc4-c4ccccc4)cc3)ccc2-c2cc3c(-c4ccc5ccccc5c4)c4ccccc4c(-c4ccc5ccccc5c4)c3cc21. The largest absolute Gasteiger partial charge is 0.275 e. The van der Waals surface area contributed by atoms with Crippen LogP contribution in [-0.2, 0) is 5.41 Å². The fraction of sp³-hybridized carbons (Fsp3) is 0.0476. The first-order valence-corrected chi connectivity index (χ1v) is 22.8. The van der Waals surface area contributed by atoms with E-state index in [-0.39, 0.29) is 5.41 Å². The van der Waals surface area contributed by atoms with Gasteiger partial charge in [0.15, 0.2) is 11.6 Å². The maximum Gasteiger partial charge on any atom is 0.168 e. The molecule has 0 spiro atoms. The van der Waals surface area contributed by atoms with Gasteiger partial charge >= 0.3 is 0 Å². The second-order valence-corrected chi connectivity index (χ2v) is 18.2. The molecule has 0 N–H and O–H groups in total. The molecule has 3 heteroatoms. The molecule has 1 aromatic heterocycles. The van der Waals surface area contributed by atoms with E-state index in [0.29, 0.717) is 0 Å². The highest BCUT2D eigenvalue weighted by atomic mass is 15.3. The topological polar surface area (TPSA) is 30.7 Å². The van der Waals surface area contributed by atoms with Crippen LogP contribution in [-0.4, -0.2) is 14.8 Å². The number of benzene rings is 11. The van der Waals surface area contributed by atoms with Crippen molar-refractivity contribution in [1.82, 2.24) is 14.8 Å². The molecule has 66 heavy (non-hydrogen) atoms. The Balaban J connectivity index is 0.980. The van der Waals surface area contributed by atoms with Gasteiger partial charge in [0.1, 0.15) is 0 Å². The highest BCUT2D eigenvalue weighted by Crippen LogP contribution is 2.54. The summed E-state index contributed by atoms with van der Waals surface area (Å²) in [7, 11) is 0. The lowest BCUT2D eigenvalue weighted by molar-refractivity contribution is 0.661. The maximum atomic E-state index is 4.71. The minimum absolute atomic E-state index is 0.248. The highest BCUT2D eigenvalue weighted by molar-refractivity contribution is 6.23. The summed E-state index contributed by atoms with van der Waals surface area (Å²) >= 11 is 0. The van der Waals surface area contributed by atoms with Crippen LogP contribution in [0.2, 0.25) is 0 Å².